The Labute approximate surface area is 159 Å². The lowest BCUT2D eigenvalue weighted by atomic mass is 10.00. The van der Waals surface area contributed by atoms with Crippen LogP contribution in [0.2, 0.25) is 5.02 Å². The Morgan fingerprint density at radius 3 is 2.81 bits per heavy atom. The number of amides is 1. The standard InChI is InChI=1S/C21H23ClN2O2/c1-3-21(25)24(13-16-8-6-9-17(22)11-16)14-18-12-20(23-26-18)19-10-5-4-7-15(19)2/h4-11,18H,3,12-14H2,1-2H3. The van der Waals surface area contributed by atoms with Gasteiger partial charge in [-0.2, -0.15) is 0 Å². The molecule has 2 aromatic carbocycles. The lowest BCUT2D eigenvalue weighted by Gasteiger charge is -2.24. The van der Waals surface area contributed by atoms with Crippen molar-refractivity contribution >= 4 is 23.2 Å². The average molecular weight is 371 g/mol. The zero-order valence-electron chi connectivity index (χ0n) is 15.1. The van der Waals surface area contributed by atoms with Gasteiger partial charge in [0.05, 0.1) is 12.3 Å². The van der Waals surface area contributed by atoms with E-state index in [0.717, 1.165) is 16.8 Å². The van der Waals surface area contributed by atoms with Gasteiger partial charge in [-0.05, 0) is 30.2 Å². The second-order valence-corrected chi connectivity index (χ2v) is 6.98. The molecule has 136 valence electrons. The third-order valence-corrected chi connectivity index (χ3v) is 4.77. The number of carbonyl (C=O) groups is 1. The van der Waals surface area contributed by atoms with E-state index in [0.29, 0.717) is 31.0 Å². The molecule has 0 spiro atoms. The van der Waals surface area contributed by atoms with Gasteiger partial charge in [0.15, 0.2) is 6.10 Å². The Balaban J connectivity index is 1.67. The molecule has 0 saturated heterocycles. The van der Waals surface area contributed by atoms with Gasteiger partial charge in [0.25, 0.3) is 0 Å². The van der Waals surface area contributed by atoms with Crippen molar-refractivity contribution in [2.45, 2.75) is 39.3 Å². The topological polar surface area (TPSA) is 41.9 Å². The molecular formula is C21H23ClN2O2. The fourth-order valence-corrected chi connectivity index (χ4v) is 3.37. The molecule has 1 heterocycles. The van der Waals surface area contributed by atoms with Crippen LogP contribution in [0, 0.1) is 6.92 Å². The molecule has 4 nitrogen and oxygen atoms in total. The van der Waals surface area contributed by atoms with Gasteiger partial charge >= 0.3 is 0 Å². The summed E-state index contributed by atoms with van der Waals surface area (Å²) in [6, 6.07) is 15.7. The SMILES string of the molecule is CCC(=O)N(Cc1cccc(Cl)c1)CC1CC(c2ccccc2C)=NO1. The summed E-state index contributed by atoms with van der Waals surface area (Å²) in [5.74, 6) is 0.0953. The first-order valence-corrected chi connectivity index (χ1v) is 9.25. The predicted molar refractivity (Wildman–Crippen MR) is 104 cm³/mol. The molecule has 1 amide bonds. The second kappa shape index (κ2) is 8.37. The zero-order chi connectivity index (χ0) is 18.5. The van der Waals surface area contributed by atoms with Crippen molar-refractivity contribution in [3.05, 3.63) is 70.2 Å². The highest BCUT2D eigenvalue weighted by atomic mass is 35.5. The normalized spacial score (nSPS) is 16.1. The predicted octanol–water partition coefficient (Wildman–Crippen LogP) is 4.58. The summed E-state index contributed by atoms with van der Waals surface area (Å²) in [6.45, 7) is 4.97. The first-order valence-electron chi connectivity index (χ1n) is 8.87. The molecule has 0 aliphatic carbocycles. The number of halogens is 1. The number of oxime groups is 1. The first-order chi connectivity index (χ1) is 12.6. The number of hydrogen-bond donors (Lipinski definition) is 0. The highest BCUT2D eigenvalue weighted by molar-refractivity contribution is 6.30. The Morgan fingerprint density at radius 1 is 1.27 bits per heavy atom. The van der Waals surface area contributed by atoms with Crippen molar-refractivity contribution in [1.82, 2.24) is 4.90 Å². The van der Waals surface area contributed by atoms with Crippen molar-refractivity contribution in [1.29, 1.82) is 0 Å². The van der Waals surface area contributed by atoms with Crippen molar-refractivity contribution < 1.29 is 9.63 Å². The van der Waals surface area contributed by atoms with Gasteiger partial charge in [-0.3, -0.25) is 4.79 Å². The maximum atomic E-state index is 12.4. The van der Waals surface area contributed by atoms with Gasteiger partial charge in [0.1, 0.15) is 0 Å². The fourth-order valence-electron chi connectivity index (χ4n) is 3.16. The smallest absolute Gasteiger partial charge is 0.222 e. The molecular weight excluding hydrogens is 348 g/mol. The van der Waals surface area contributed by atoms with Crippen LogP contribution in [0.15, 0.2) is 53.7 Å². The van der Waals surface area contributed by atoms with E-state index in [1.165, 1.54) is 5.56 Å². The maximum Gasteiger partial charge on any atom is 0.222 e. The Bertz CT molecular complexity index is 819. The van der Waals surface area contributed by atoms with Crippen LogP contribution in [0.25, 0.3) is 0 Å². The third kappa shape index (κ3) is 4.44. The van der Waals surface area contributed by atoms with Gasteiger partial charge in [-0.15, -0.1) is 0 Å². The fraction of sp³-hybridized carbons (Fsp3) is 0.333. The van der Waals surface area contributed by atoms with Crippen LogP contribution in [0.4, 0.5) is 0 Å². The van der Waals surface area contributed by atoms with Crippen LogP contribution in [-0.2, 0) is 16.2 Å². The molecule has 5 heteroatoms. The lowest BCUT2D eigenvalue weighted by Crippen LogP contribution is -2.36. The largest absolute Gasteiger partial charge is 0.390 e. The van der Waals surface area contributed by atoms with E-state index >= 15 is 0 Å². The van der Waals surface area contributed by atoms with Crippen molar-refractivity contribution in [3.8, 4) is 0 Å². The summed E-state index contributed by atoms with van der Waals surface area (Å²) < 4.78 is 0. The number of benzene rings is 2. The maximum absolute atomic E-state index is 12.4. The summed E-state index contributed by atoms with van der Waals surface area (Å²) in [5.41, 5.74) is 4.24. The minimum atomic E-state index is -0.126. The van der Waals surface area contributed by atoms with E-state index in [4.69, 9.17) is 16.4 Å². The van der Waals surface area contributed by atoms with E-state index in [1.54, 1.807) is 0 Å². The van der Waals surface area contributed by atoms with Crippen molar-refractivity contribution in [2.75, 3.05) is 6.54 Å². The highest BCUT2D eigenvalue weighted by Crippen LogP contribution is 2.21. The van der Waals surface area contributed by atoms with E-state index < -0.39 is 0 Å². The molecule has 0 saturated carbocycles. The average Bonchev–Trinajstić information content (AvgIpc) is 3.09. The molecule has 3 rings (SSSR count). The Kier molecular flexibility index (Phi) is 5.94. The van der Waals surface area contributed by atoms with Crippen LogP contribution in [-0.4, -0.2) is 29.2 Å². The van der Waals surface area contributed by atoms with Gasteiger partial charge in [-0.1, -0.05) is 60.1 Å². The number of rotatable bonds is 6. The molecule has 0 aromatic heterocycles. The van der Waals surface area contributed by atoms with Crippen LogP contribution in [0.3, 0.4) is 0 Å². The third-order valence-electron chi connectivity index (χ3n) is 4.53. The molecule has 1 atom stereocenters. The molecule has 0 N–H and O–H groups in total. The molecule has 2 aromatic rings. The summed E-state index contributed by atoms with van der Waals surface area (Å²) in [4.78, 5) is 19.9. The van der Waals surface area contributed by atoms with Gasteiger partial charge in [0, 0.05) is 30.0 Å². The molecule has 26 heavy (non-hydrogen) atoms. The van der Waals surface area contributed by atoms with Crippen LogP contribution < -0.4 is 0 Å². The Hall–Kier alpha value is -2.33. The van der Waals surface area contributed by atoms with E-state index in [-0.39, 0.29) is 12.0 Å². The molecule has 1 aliphatic heterocycles. The molecule has 0 radical (unpaired) electrons. The van der Waals surface area contributed by atoms with Crippen molar-refractivity contribution in [3.63, 3.8) is 0 Å². The van der Waals surface area contributed by atoms with E-state index in [9.17, 15) is 4.79 Å². The van der Waals surface area contributed by atoms with Crippen LogP contribution in [0.5, 0.6) is 0 Å². The quantitative estimate of drug-likeness (QED) is 0.746. The molecule has 1 aliphatic rings. The zero-order valence-corrected chi connectivity index (χ0v) is 15.9. The summed E-state index contributed by atoms with van der Waals surface area (Å²) in [7, 11) is 0. The number of nitrogens with zero attached hydrogens (tertiary/aromatic N) is 2. The van der Waals surface area contributed by atoms with E-state index in [1.807, 2.05) is 48.2 Å². The second-order valence-electron chi connectivity index (χ2n) is 6.54. The summed E-state index contributed by atoms with van der Waals surface area (Å²) in [5, 5.41) is 4.94. The van der Waals surface area contributed by atoms with Gasteiger partial charge in [0.2, 0.25) is 5.91 Å². The number of aryl methyl sites for hydroxylation is 1. The highest BCUT2D eigenvalue weighted by Gasteiger charge is 2.27. The minimum absolute atomic E-state index is 0.0953. The van der Waals surface area contributed by atoms with Crippen LogP contribution in [0.1, 0.15) is 36.5 Å². The van der Waals surface area contributed by atoms with Gasteiger partial charge < -0.3 is 9.74 Å². The summed E-state index contributed by atoms with van der Waals surface area (Å²) in [6.07, 6.45) is 1.03. The first kappa shape index (κ1) is 18.5. The lowest BCUT2D eigenvalue weighted by molar-refractivity contribution is -0.133. The molecule has 0 bridgehead atoms. The summed E-state index contributed by atoms with van der Waals surface area (Å²) >= 11 is 6.07. The van der Waals surface area contributed by atoms with Crippen molar-refractivity contribution in [2.24, 2.45) is 5.16 Å². The van der Waals surface area contributed by atoms with E-state index in [2.05, 4.69) is 24.2 Å². The monoisotopic (exact) mass is 370 g/mol. The Morgan fingerprint density at radius 2 is 2.08 bits per heavy atom. The van der Waals surface area contributed by atoms with Gasteiger partial charge in [-0.25, -0.2) is 0 Å². The van der Waals surface area contributed by atoms with Crippen LogP contribution >= 0.6 is 11.6 Å². The molecule has 0 fully saturated rings. The number of hydrogen-bond acceptors (Lipinski definition) is 3. The number of carbonyl (C=O) groups excluding carboxylic acids is 1. The molecule has 1 unspecified atom stereocenters. The minimum Gasteiger partial charge on any atom is -0.390 e.